The van der Waals surface area contributed by atoms with Crippen molar-refractivity contribution in [2.75, 3.05) is 23.0 Å². The molecule has 3 aromatic heterocycles. The first-order chi connectivity index (χ1) is 16.5. The predicted molar refractivity (Wildman–Crippen MR) is 135 cm³/mol. The molecule has 34 heavy (non-hydrogen) atoms. The first-order valence-corrected chi connectivity index (χ1v) is 11.3. The van der Waals surface area contributed by atoms with E-state index in [2.05, 4.69) is 35.9 Å². The fourth-order valence-corrected chi connectivity index (χ4v) is 4.38. The van der Waals surface area contributed by atoms with Gasteiger partial charge in [0, 0.05) is 35.5 Å². The van der Waals surface area contributed by atoms with Crippen LogP contribution >= 0.6 is 11.3 Å². The van der Waals surface area contributed by atoms with Gasteiger partial charge < -0.3 is 26.0 Å². The lowest BCUT2D eigenvalue weighted by molar-refractivity contribution is 0.102. The Labute approximate surface area is 198 Å². The fourth-order valence-electron chi connectivity index (χ4n) is 3.49. The van der Waals surface area contributed by atoms with Gasteiger partial charge in [-0.15, -0.1) is 0 Å². The summed E-state index contributed by atoms with van der Waals surface area (Å²) in [5.74, 6) is 0.341. The molecule has 10 heteroatoms. The third kappa shape index (κ3) is 4.39. The van der Waals surface area contributed by atoms with Gasteiger partial charge in [-0.2, -0.15) is 0 Å². The Hall–Kier alpha value is -4.44. The molecular formula is C24H21N7O2S. The molecular weight excluding hydrogens is 450 g/mol. The van der Waals surface area contributed by atoms with E-state index in [0.29, 0.717) is 17.3 Å². The lowest BCUT2D eigenvalue weighted by Crippen LogP contribution is -2.11. The summed E-state index contributed by atoms with van der Waals surface area (Å²) in [4.78, 5) is 30.2. The number of aromatic nitrogens is 4. The van der Waals surface area contributed by atoms with Gasteiger partial charge in [0.2, 0.25) is 5.95 Å². The number of aromatic hydroxyl groups is 1. The van der Waals surface area contributed by atoms with Crippen molar-refractivity contribution >= 4 is 50.6 Å². The minimum atomic E-state index is -0.270. The molecule has 5 aromatic rings. The molecule has 170 valence electrons. The first-order valence-electron chi connectivity index (χ1n) is 10.5. The van der Waals surface area contributed by atoms with E-state index >= 15 is 0 Å². The molecule has 5 rings (SSSR count). The average molecular weight is 472 g/mol. The summed E-state index contributed by atoms with van der Waals surface area (Å²) in [6, 6.07) is 15.7. The lowest BCUT2D eigenvalue weighted by atomic mass is 10.2. The Kier molecular flexibility index (Phi) is 5.56. The van der Waals surface area contributed by atoms with Crippen molar-refractivity contribution in [2.24, 2.45) is 0 Å². The van der Waals surface area contributed by atoms with Gasteiger partial charge in [0.15, 0.2) is 5.13 Å². The molecule has 0 fully saturated rings. The fraction of sp³-hybridized carbons (Fsp3) is 0.0833. The van der Waals surface area contributed by atoms with Crippen LogP contribution in [0.15, 0.2) is 60.8 Å². The minimum absolute atomic E-state index is 0.142. The molecule has 3 heterocycles. The number of fused-ring (bicyclic) bond motifs is 1. The Morgan fingerprint density at radius 1 is 1.03 bits per heavy atom. The summed E-state index contributed by atoms with van der Waals surface area (Å²) in [6.07, 6.45) is 1.71. The number of rotatable bonds is 6. The minimum Gasteiger partial charge on any atom is -0.508 e. The quantitative estimate of drug-likeness (QED) is 0.217. The van der Waals surface area contributed by atoms with Crippen LogP contribution in [0.2, 0.25) is 0 Å². The highest BCUT2D eigenvalue weighted by Gasteiger charge is 2.13. The monoisotopic (exact) mass is 471 g/mol. The highest BCUT2D eigenvalue weighted by atomic mass is 32.1. The average Bonchev–Trinajstić information content (AvgIpc) is 3.44. The van der Waals surface area contributed by atoms with Crippen LogP contribution in [0.4, 0.5) is 22.5 Å². The number of carbonyl (C=O) groups excluding carboxylic acids is 1. The van der Waals surface area contributed by atoms with Crippen LogP contribution in [0.3, 0.4) is 0 Å². The van der Waals surface area contributed by atoms with Gasteiger partial charge in [-0.3, -0.25) is 4.79 Å². The van der Waals surface area contributed by atoms with Crippen molar-refractivity contribution in [2.45, 2.75) is 6.92 Å². The molecule has 0 aliphatic carbocycles. The van der Waals surface area contributed by atoms with Crippen LogP contribution in [0.1, 0.15) is 16.2 Å². The van der Waals surface area contributed by atoms with E-state index in [9.17, 15) is 9.90 Å². The Morgan fingerprint density at radius 2 is 1.82 bits per heavy atom. The van der Waals surface area contributed by atoms with Crippen molar-refractivity contribution in [3.8, 4) is 16.3 Å². The molecule has 2 aromatic carbocycles. The van der Waals surface area contributed by atoms with E-state index in [-0.39, 0.29) is 11.7 Å². The van der Waals surface area contributed by atoms with Gasteiger partial charge in [-0.1, -0.05) is 11.3 Å². The van der Waals surface area contributed by atoms with Gasteiger partial charge in [-0.05, 0) is 61.5 Å². The molecule has 0 saturated carbocycles. The van der Waals surface area contributed by atoms with Crippen LogP contribution in [0, 0.1) is 6.92 Å². The van der Waals surface area contributed by atoms with Crippen molar-refractivity contribution in [1.82, 2.24) is 19.9 Å². The molecule has 0 radical (unpaired) electrons. The first kappa shape index (κ1) is 21.4. The number of amides is 1. The molecule has 0 bridgehead atoms. The zero-order valence-corrected chi connectivity index (χ0v) is 19.2. The number of anilines is 4. The second-order valence-electron chi connectivity index (χ2n) is 7.56. The van der Waals surface area contributed by atoms with Gasteiger partial charge in [0.25, 0.3) is 5.91 Å². The number of hydrogen-bond acceptors (Lipinski definition) is 8. The summed E-state index contributed by atoms with van der Waals surface area (Å²) in [5, 5.41) is 20.2. The Balaban J connectivity index is 1.35. The summed E-state index contributed by atoms with van der Waals surface area (Å²) in [5.41, 5.74) is 4.36. The number of aryl methyl sites for hydroxylation is 1. The van der Waals surface area contributed by atoms with E-state index in [0.717, 1.165) is 38.0 Å². The predicted octanol–water partition coefficient (Wildman–Crippen LogP) is 5.13. The van der Waals surface area contributed by atoms with E-state index in [4.69, 9.17) is 0 Å². The number of nitrogens with one attached hydrogen (secondary N) is 4. The summed E-state index contributed by atoms with van der Waals surface area (Å²) < 4.78 is 0. The highest BCUT2D eigenvalue weighted by Crippen LogP contribution is 2.32. The summed E-state index contributed by atoms with van der Waals surface area (Å²) >= 11 is 1.54. The Bertz CT molecular complexity index is 1490. The lowest BCUT2D eigenvalue weighted by Gasteiger charge is -2.06. The zero-order chi connectivity index (χ0) is 23.7. The van der Waals surface area contributed by atoms with Crippen LogP contribution in [-0.2, 0) is 0 Å². The summed E-state index contributed by atoms with van der Waals surface area (Å²) in [6.45, 7) is 1.96. The maximum atomic E-state index is 12.6. The smallest absolute Gasteiger partial charge is 0.272 e. The topological polar surface area (TPSA) is 128 Å². The number of nitrogens with zero attached hydrogens (tertiary/aromatic N) is 3. The third-order valence-corrected chi connectivity index (χ3v) is 6.34. The van der Waals surface area contributed by atoms with E-state index in [1.807, 2.05) is 38.2 Å². The number of phenols is 1. The number of phenolic OH excluding ortho intramolecular Hbond substituents is 1. The van der Waals surface area contributed by atoms with Gasteiger partial charge in [-0.25, -0.2) is 15.0 Å². The van der Waals surface area contributed by atoms with Crippen molar-refractivity contribution in [3.63, 3.8) is 0 Å². The molecule has 1 amide bonds. The second kappa shape index (κ2) is 8.83. The molecule has 0 unspecified atom stereocenters. The molecule has 0 spiro atoms. The van der Waals surface area contributed by atoms with E-state index < -0.39 is 0 Å². The van der Waals surface area contributed by atoms with Crippen LogP contribution in [0.25, 0.3) is 21.5 Å². The molecule has 0 aliphatic heterocycles. The standard InChI is InChI=1S/C24H21N7O2S/c1-13-21(34-24(25-2)27-13)19-9-10-26-23(31-19)29-16-5-8-18-14(11-16)12-20(30-18)22(33)28-15-3-6-17(32)7-4-15/h3-12,30,32H,1-2H3,(H,25,27)(H,28,33)(H,26,29,31). The number of H-pyrrole nitrogens is 1. The zero-order valence-electron chi connectivity index (χ0n) is 18.4. The normalized spacial score (nSPS) is 10.9. The van der Waals surface area contributed by atoms with E-state index in [1.54, 1.807) is 35.7 Å². The highest BCUT2D eigenvalue weighted by molar-refractivity contribution is 7.19. The van der Waals surface area contributed by atoms with E-state index in [1.165, 1.54) is 12.1 Å². The van der Waals surface area contributed by atoms with Crippen LogP contribution < -0.4 is 16.0 Å². The molecule has 0 atom stereocenters. The van der Waals surface area contributed by atoms with Gasteiger partial charge in [0.1, 0.15) is 11.4 Å². The molecule has 0 aliphatic rings. The second-order valence-corrected chi connectivity index (χ2v) is 8.56. The van der Waals surface area contributed by atoms with Crippen molar-refractivity contribution < 1.29 is 9.90 Å². The number of thiazole rings is 1. The van der Waals surface area contributed by atoms with Crippen LogP contribution in [0.5, 0.6) is 5.75 Å². The van der Waals surface area contributed by atoms with Crippen molar-refractivity contribution in [1.29, 1.82) is 0 Å². The molecule has 5 N–H and O–H groups in total. The maximum Gasteiger partial charge on any atom is 0.272 e. The van der Waals surface area contributed by atoms with Crippen molar-refractivity contribution in [3.05, 3.63) is 72.2 Å². The van der Waals surface area contributed by atoms with Gasteiger partial charge in [0.05, 0.1) is 16.3 Å². The number of carbonyl (C=O) groups is 1. The number of benzene rings is 2. The maximum absolute atomic E-state index is 12.6. The van der Waals surface area contributed by atoms with Crippen LogP contribution in [-0.4, -0.2) is 38.0 Å². The number of aromatic amines is 1. The molecule has 9 nitrogen and oxygen atoms in total. The van der Waals surface area contributed by atoms with Gasteiger partial charge >= 0.3 is 0 Å². The SMILES string of the molecule is CNc1nc(C)c(-c2ccnc(Nc3ccc4[nH]c(C(=O)Nc5ccc(O)cc5)cc4c3)n2)s1. The summed E-state index contributed by atoms with van der Waals surface area (Å²) in [7, 11) is 1.84. The number of hydrogen-bond donors (Lipinski definition) is 5. The Morgan fingerprint density at radius 3 is 2.59 bits per heavy atom. The molecule has 0 saturated heterocycles. The third-order valence-electron chi connectivity index (χ3n) is 5.15. The largest absolute Gasteiger partial charge is 0.508 e.